The van der Waals surface area contributed by atoms with Gasteiger partial charge in [0.1, 0.15) is 5.82 Å². The van der Waals surface area contributed by atoms with Crippen LogP contribution in [0.2, 0.25) is 0 Å². The van der Waals surface area contributed by atoms with Crippen LogP contribution in [0.1, 0.15) is 28.2 Å². The zero-order chi connectivity index (χ0) is 13.4. The Labute approximate surface area is 113 Å². The van der Waals surface area contributed by atoms with E-state index >= 15 is 0 Å². The fourth-order valence-electron chi connectivity index (χ4n) is 2.96. The van der Waals surface area contributed by atoms with Crippen molar-refractivity contribution < 1.29 is 4.39 Å². The number of likely N-dealkylation sites (N-methyl/N-ethyl adjacent to an activating group) is 1. The lowest BCUT2D eigenvalue weighted by atomic mass is 9.84. The molecule has 1 unspecified atom stereocenters. The van der Waals surface area contributed by atoms with E-state index in [2.05, 4.69) is 30.1 Å². The van der Waals surface area contributed by atoms with Gasteiger partial charge in [-0.25, -0.2) is 4.39 Å². The SMILES string of the molecule is Cc1ccc2c(c1F)CN(C)CC2c1ccccc1. The first-order valence-corrected chi connectivity index (χ1v) is 6.68. The molecule has 0 fully saturated rings. The van der Waals surface area contributed by atoms with E-state index in [0.717, 1.165) is 23.2 Å². The van der Waals surface area contributed by atoms with Crippen molar-refractivity contribution in [3.8, 4) is 0 Å². The molecule has 0 saturated carbocycles. The minimum Gasteiger partial charge on any atom is -0.301 e. The van der Waals surface area contributed by atoms with Gasteiger partial charge >= 0.3 is 0 Å². The van der Waals surface area contributed by atoms with Crippen LogP contribution >= 0.6 is 0 Å². The molecule has 98 valence electrons. The van der Waals surface area contributed by atoms with Crippen LogP contribution < -0.4 is 0 Å². The molecule has 2 aromatic carbocycles. The zero-order valence-corrected chi connectivity index (χ0v) is 11.4. The summed E-state index contributed by atoms with van der Waals surface area (Å²) in [5.74, 6) is 0.232. The Bertz CT molecular complexity index is 592. The maximum atomic E-state index is 14.3. The van der Waals surface area contributed by atoms with Crippen molar-refractivity contribution in [3.63, 3.8) is 0 Å². The Hall–Kier alpha value is -1.67. The molecular weight excluding hydrogens is 237 g/mol. The van der Waals surface area contributed by atoms with E-state index in [1.54, 1.807) is 0 Å². The first kappa shape index (κ1) is 12.4. The van der Waals surface area contributed by atoms with Gasteiger partial charge in [0, 0.05) is 24.6 Å². The molecule has 3 rings (SSSR count). The van der Waals surface area contributed by atoms with Crippen molar-refractivity contribution in [3.05, 3.63) is 70.5 Å². The third kappa shape index (κ3) is 2.17. The number of aryl methyl sites for hydroxylation is 1. The van der Waals surface area contributed by atoms with E-state index < -0.39 is 0 Å². The van der Waals surface area contributed by atoms with Crippen molar-refractivity contribution in [1.82, 2.24) is 4.90 Å². The summed E-state index contributed by atoms with van der Waals surface area (Å²) in [6, 6.07) is 14.4. The molecule has 1 aliphatic heterocycles. The summed E-state index contributed by atoms with van der Waals surface area (Å²) >= 11 is 0. The van der Waals surface area contributed by atoms with Gasteiger partial charge in [-0.15, -0.1) is 0 Å². The van der Waals surface area contributed by atoms with Crippen LogP contribution in [-0.4, -0.2) is 18.5 Å². The van der Waals surface area contributed by atoms with Crippen LogP contribution in [-0.2, 0) is 6.54 Å². The molecule has 0 N–H and O–H groups in total. The highest BCUT2D eigenvalue weighted by atomic mass is 19.1. The van der Waals surface area contributed by atoms with Crippen LogP contribution in [0.4, 0.5) is 4.39 Å². The predicted octanol–water partition coefficient (Wildman–Crippen LogP) is 3.71. The van der Waals surface area contributed by atoms with E-state index in [-0.39, 0.29) is 11.7 Å². The van der Waals surface area contributed by atoms with Gasteiger partial charge in [-0.3, -0.25) is 0 Å². The molecule has 19 heavy (non-hydrogen) atoms. The van der Waals surface area contributed by atoms with E-state index in [4.69, 9.17) is 0 Å². The van der Waals surface area contributed by atoms with Gasteiger partial charge in [-0.2, -0.15) is 0 Å². The Balaban J connectivity index is 2.13. The second kappa shape index (κ2) is 4.78. The van der Waals surface area contributed by atoms with Gasteiger partial charge in [0.25, 0.3) is 0 Å². The molecule has 2 aromatic rings. The molecule has 0 bridgehead atoms. The van der Waals surface area contributed by atoms with Gasteiger partial charge in [0.2, 0.25) is 0 Å². The van der Waals surface area contributed by atoms with Crippen molar-refractivity contribution in [1.29, 1.82) is 0 Å². The monoisotopic (exact) mass is 255 g/mol. The topological polar surface area (TPSA) is 3.24 Å². The Morgan fingerprint density at radius 3 is 2.58 bits per heavy atom. The second-order valence-corrected chi connectivity index (χ2v) is 5.42. The number of benzene rings is 2. The zero-order valence-electron chi connectivity index (χ0n) is 11.4. The summed E-state index contributed by atoms with van der Waals surface area (Å²) in [7, 11) is 2.06. The maximum absolute atomic E-state index is 14.3. The fraction of sp³-hybridized carbons (Fsp3) is 0.294. The quantitative estimate of drug-likeness (QED) is 0.751. The summed E-state index contributed by atoms with van der Waals surface area (Å²) in [6.07, 6.45) is 0. The second-order valence-electron chi connectivity index (χ2n) is 5.42. The lowest BCUT2D eigenvalue weighted by molar-refractivity contribution is 0.288. The fourth-order valence-corrected chi connectivity index (χ4v) is 2.96. The largest absolute Gasteiger partial charge is 0.301 e. The van der Waals surface area contributed by atoms with Crippen LogP contribution in [0.25, 0.3) is 0 Å². The average molecular weight is 255 g/mol. The summed E-state index contributed by atoms with van der Waals surface area (Å²) < 4.78 is 14.3. The molecule has 0 amide bonds. The van der Waals surface area contributed by atoms with Crippen LogP contribution in [0.3, 0.4) is 0 Å². The van der Waals surface area contributed by atoms with Crippen molar-refractivity contribution in [2.45, 2.75) is 19.4 Å². The van der Waals surface area contributed by atoms with E-state index in [9.17, 15) is 4.39 Å². The Morgan fingerprint density at radius 2 is 1.84 bits per heavy atom. The van der Waals surface area contributed by atoms with E-state index in [0.29, 0.717) is 6.54 Å². The molecule has 0 radical (unpaired) electrons. The van der Waals surface area contributed by atoms with Crippen molar-refractivity contribution in [2.75, 3.05) is 13.6 Å². The minimum absolute atomic E-state index is 0.0371. The average Bonchev–Trinajstić information content (AvgIpc) is 2.44. The third-order valence-electron chi connectivity index (χ3n) is 3.97. The number of fused-ring (bicyclic) bond motifs is 1. The van der Waals surface area contributed by atoms with Crippen LogP contribution in [0, 0.1) is 12.7 Å². The Kier molecular flexibility index (Phi) is 3.11. The number of rotatable bonds is 1. The van der Waals surface area contributed by atoms with Gasteiger partial charge in [0.15, 0.2) is 0 Å². The normalized spacial score (nSPS) is 19.2. The highest BCUT2D eigenvalue weighted by Gasteiger charge is 2.27. The lowest BCUT2D eigenvalue weighted by Crippen LogP contribution is -2.31. The number of hydrogen-bond donors (Lipinski definition) is 0. The number of halogens is 1. The Morgan fingerprint density at radius 1 is 1.11 bits per heavy atom. The third-order valence-corrected chi connectivity index (χ3v) is 3.97. The molecule has 0 saturated heterocycles. The molecule has 1 heterocycles. The first-order chi connectivity index (χ1) is 9.16. The molecular formula is C17H18FN. The molecule has 1 atom stereocenters. The standard InChI is InChI=1S/C17H18FN/c1-12-8-9-14-15(13-6-4-3-5-7-13)10-19(2)11-16(14)17(12)18/h3-9,15H,10-11H2,1-2H3. The smallest absolute Gasteiger partial charge is 0.130 e. The predicted molar refractivity (Wildman–Crippen MR) is 75.8 cm³/mol. The van der Waals surface area contributed by atoms with Gasteiger partial charge in [0.05, 0.1) is 0 Å². The summed E-state index contributed by atoms with van der Waals surface area (Å²) in [5.41, 5.74) is 4.01. The van der Waals surface area contributed by atoms with Crippen molar-refractivity contribution >= 4 is 0 Å². The summed E-state index contributed by atoms with van der Waals surface area (Å²) in [6.45, 7) is 3.48. The van der Waals surface area contributed by atoms with Crippen molar-refractivity contribution in [2.24, 2.45) is 0 Å². The summed E-state index contributed by atoms with van der Waals surface area (Å²) in [5, 5.41) is 0. The van der Waals surface area contributed by atoms with Gasteiger partial charge in [-0.05, 0) is 30.7 Å². The highest BCUT2D eigenvalue weighted by molar-refractivity contribution is 5.43. The number of hydrogen-bond acceptors (Lipinski definition) is 1. The molecule has 1 nitrogen and oxygen atoms in total. The maximum Gasteiger partial charge on any atom is 0.130 e. The highest BCUT2D eigenvalue weighted by Crippen LogP contribution is 2.34. The molecule has 0 aromatic heterocycles. The molecule has 0 spiro atoms. The minimum atomic E-state index is -0.0371. The molecule has 2 heteroatoms. The van der Waals surface area contributed by atoms with Crippen LogP contribution in [0.5, 0.6) is 0 Å². The lowest BCUT2D eigenvalue weighted by Gasteiger charge is -2.33. The van der Waals surface area contributed by atoms with Gasteiger partial charge < -0.3 is 4.90 Å². The first-order valence-electron chi connectivity index (χ1n) is 6.68. The molecule has 0 aliphatic carbocycles. The van der Waals surface area contributed by atoms with E-state index in [1.165, 1.54) is 5.56 Å². The van der Waals surface area contributed by atoms with E-state index in [1.807, 2.05) is 31.2 Å². The van der Waals surface area contributed by atoms with Gasteiger partial charge in [-0.1, -0.05) is 42.5 Å². The number of nitrogens with zero attached hydrogens (tertiary/aromatic N) is 1. The van der Waals surface area contributed by atoms with Crippen LogP contribution in [0.15, 0.2) is 42.5 Å². The molecule has 1 aliphatic rings. The summed E-state index contributed by atoms with van der Waals surface area (Å²) in [4.78, 5) is 2.20.